The second kappa shape index (κ2) is 5.58. The molecule has 0 aliphatic rings. The lowest BCUT2D eigenvalue weighted by atomic mass is 10.3. The van der Waals surface area contributed by atoms with Crippen molar-refractivity contribution in [3.8, 4) is 0 Å². The molecule has 2 rings (SSSR count). The molecular formula is C11H10BrFN2O2S2. The highest BCUT2D eigenvalue weighted by Gasteiger charge is 2.18. The third-order valence-electron chi connectivity index (χ3n) is 2.38. The first-order valence-corrected chi connectivity index (χ1v) is 8.32. The Bertz CT molecular complexity index is 700. The number of anilines is 1. The molecule has 2 aromatic rings. The van der Waals surface area contributed by atoms with Crippen molar-refractivity contribution in [2.45, 2.75) is 11.4 Å². The van der Waals surface area contributed by atoms with Gasteiger partial charge >= 0.3 is 0 Å². The van der Waals surface area contributed by atoms with E-state index in [0.717, 1.165) is 21.5 Å². The van der Waals surface area contributed by atoms with Gasteiger partial charge in [0.2, 0.25) is 10.0 Å². The molecule has 0 fully saturated rings. The molecule has 0 saturated heterocycles. The lowest BCUT2D eigenvalue weighted by Crippen LogP contribution is -2.24. The SMILES string of the molecule is Nc1ccc(F)cc1S(=O)(=O)NCc1sccc1Br. The van der Waals surface area contributed by atoms with E-state index in [-0.39, 0.29) is 17.1 Å². The van der Waals surface area contributed by atoms with E-state index in [0.29, 0.717) is 0 Å². The van der Waals surface area contributed by atoms with Crippen LogP contribution in [0.2, 0.25) is 0 Å². The standard InChI is InChI=1S/C11H10BrFN2O2S2/c12-8-3-4-18-10(8)6-15-19(16,17)11-5-7(13)1-2-9(11)14/h1-5,15H,6,14H2. The molecule has 0 amide bonds. The summed E-state index contributed by atoms with van der Waals surface area (Å²) >= 11 is 4.72. The molecule has 0 spiro atoms. The van der Waals surface area contributed by atoms with Gasteiger partial charge in [0.15, 0.2) is 0 Å². The lowest BCUT2D eigenvalue weighted by Gasteiger charge is -2.08. The first kappa shape index (κ1) is 14.4. The van der Waals surface area contributed by atoms with Crippen molar-refractivity contribution in [3.05, 3.63) is 44.8 Å². The number of hydrogen-bond donors (Lipinski definition) is 2. The molecule has 1 aromatic carbocycles. The zero-order chi connectivity index (χ0) is 14.0. The number of nitrogens with two attached hydrogens (primary N) is 1. The van der Waals surface area contributed by atoms with Gasteiger partial charge in [-0.3, -0.25) is 0 Å². The van der Waals surface area contributed by atoms with Crippen LogP contribution < -0.4 is 10.5 Å². The number of sulfonamides is 1. The fraction of sp³-hybridized carbons (Fsp3) is 0.0909. The van der Waals surface area contributed by atoms with Crippen molar-refractivity contribution >= 4 is 43.0 Å². The Balaban J connectivity index is 2.23. The van der Waals surface area contributed by atoms with Gasteiger partial charge in [0.05, 0.1) is 5.69 Å². The van der Waals surface area contributed by atoms with Gasteiger partial charge in [-0.2, -0.15) is 0 Å². The van der Waals surface area contributed by atoms with E-state index in [4.69, 9.17) is 5.73 Å². The zero-order valence-corrected chi connectivity index (χ0v) is 12.8. The first-order valence-electron chi connectivity index (χ1n) is 5.17. The van der Waals surface area contributed by atoms with Crippen LogP contribution in [0.3, 0.4) is 0 Å². The highest BCUT2D eigenvalue weighted by molar-refractivity contribution is 9.10. The van der Waals surface area contributed by atoms with E-state index in [1.165, 1.54) is 17.4 Å². The maximum absolute atomic E-state index is 13.1. The normalized spacial score (nSPS) is 11.7. The molecule has 1 aromatic heterocycles. The summed E-state index contributed by atoms with van der Waals surface area (Å²) in [6.07, 6.45) is 0. The fourth-order valence-corrected chi connectivity index (χ4v) is 4.09. The van der Waals surface area contributed by atoms with Crippen molar-refractivity contribution in [3.63, 3.8) is 0 Å². The van der Waals surface area contributed by atoms with Crippen molar-refractivity contribution in [1.82, 2.24) is 4.72 Å². The van der Waals surface area contributed by atoms with Gasteiger partial charge in [-0.1, -0.05) is 0 Å². The molecule has 0 atom stereocenters. The molecule has 102 valence electrons. The number of benzene rings is 1. The maximum atomic E-state index is 13.1. The molecule has 0 aliphatic carbocycles. The second-order valence-corrected chi connectivity index (χ2v) is 7.29. The van der Waals surface area contributed by atoms with Gasteiger partial charge in [-0.05, 0) is 45.6 Å². The van der Waals surface area contributed by atoms with Gasteiger partial charge in [-0.15, -0.1) is 11.3 Å². The third-order valence-corrected chi connectivity index (χ3v) is 5.76. The number of nitrogens with one attached hydrogen (secondary N) is 1. The summed E-state index contributed by atoms with van der Waals surface area (Å²) in [6, 6.07) is 5.07. The highest BCUT2D eigenvalue weighted by atomic mass is 79.9. The smallest absolute Gasteiger partial charge is 0.243 e. The Kier molecular flexibility index (Phi) is 4.24. The molecule has 0 bridgehead atoms. The van der Waals surface area contributed by atoms with Crippen LogP contribution in [0.5, 0.6) is 0 Å². The number of rotatable bonds is 4. The van der Waals surface area contributed by atoms with Crippen LogP contribution in [-0.2, 0) is 16.6 Å². The summed E-state index contributed by atoms with van der Waals surface area (Å²) in [5, 5.41) is 1.84. The lowest BCUT2D eigenvalue weighted by molar-refractivity contribution is 0.578. The van der Waals surface area contributed by atoms with Crippen molar-refractivity contribution in [2.75, 3.05) is 5.73 Å². The Morgan fingerprint density at radius 2 is 2.11 bits per heavy atom. The van der Waals surface area contributed by atoms with Gasteiger partial charge in [0, 0.05) is 15.9 Å². The molecule has 0 saturated carbocycles. The molecule has 19 heavy (non-hydrogen) atoms. The second-order valence-electron chi connectivity index (χ2n) is 3.70. The van der Waals surface area contributed by atoms with Crippen LogP contribution in [0.15, 0.2) is 39.0 Å². The summed E-state index contributed by atoms with van der Waals surface area (Å²) in [5.74, 6) is -0.646. The molecule has 4 nitrogen and oxygen atoms in total. The van der Waals surface area contributed by atoms with E-state index in [1.807, 2.05) is 11.4 Å². The molecule has 0 unspecified atom stereocenters. The van der Waals surface area contributed by atoms with Gasteiger partial charge < -0.3 is 5.73 Å². The maximum Gasteiger partial charge on any atom is 0.243 e. The average molecular weight is 365 g/mol. The summed E-state index contributed by atoms with van der Waals surface area (Å²) in [7, 11) is -3.84. The van der Waals surface area contributed by atoms with Crippen LogP contribution in [0.1, 0.15) is 4.88 Å². The minimum absolute atomic E-state index is 0.0131. The number of hydrogen-bond acceptors (Lipinski definition) is 4. The van der Waals surface area contributed by atoms with E-state index < -0.39 is 15.8 Å². The summed E-state index contributed by atoms with van der Waals surface area (Å²) in [6.45, 7) is 0.122. The number of halogens is 2. The molecule has 8 heteroatoms. The predicted octanol–water partition coefficient (Wildman–Crippen LogP) is 2.71. The minimum atomic E-state index is -3.84. The summed E-state index contributed by atoms with van der Waals surface area (Å²) in [4.78, 5) is 0.582. The predicted molar refractivity (Wildman–Crippen MR) is 76.9 cm³/mol. The van der Waals surface area contributed by atoms with E-state index in [2.05, 4.69) is 20.7 Å². The van der Waals surface area contributed by atoms with E-state index in [1.54, 1.807) is 0 Å². The summed E-state index contributed by atoms with van der Waals surface area (Å²) in [5.41, 5.74) is 5.58. The van der Waals surface area contributed by atoms with E-state index in [9.17, 15) is 12.8 Å². The molecular weight excluding hydrogens is 355 g/mol. The van der Waals surface area contributed by atoms with Crippen LogP contribution >= 0.6 is 27.3 Å². The van der Waals surface area contributed by atoms with Crippen LogP contribution in [-0.4, -0.2) is 8.42 Å². The third kappa shape index (κ3) is 3.33. The van der Waals surface area contributed by atoms with Gasteiger partial charge in [-0.25, -0.2) is 17.5 Å². The Morgan fingerprint density at radius 1 is 1.37 bits per heavy atom. The Hall–Kier alpha value is -0.960. The minimum Gasteiger partial charge on any atom is -0.398 e. The monoisotopic (exact) mass is 364 g/mol. The quantitative estimate of drug-likeness (QED) is 0.819. The summed E-state index contributed by atoms with van der Waals surface area (Å²) < 4.78 is 40.4. The van der Waals surface area contributed by atoms with E-state index >= 15 is 0 Å². The average Bonchev–Trinajstić information content (AvgIpc) is 2.75. The molecule has 0 radical (unpaired) electrons. The number of thiophene rings is 1. The molecule has 0 aliphatic heterocycles. The highest BCUT2D eigenvalue weighted by Crippen LogP contribution is 2.24. The van der Waals surface area contributed by atoms with Crippen molar-refractivity contribution in [1.29, 1.82) is 0 Å². The first-order chi connectivity index (χ1) is 8.90. The zero-order valence-electron chi connectivity index (χ0n) is 9.56. The molecule has 1 heterocycles. The fourth-order valence-electron chi connectivity index (χ4n) is 1.43. The van der Waals surface area contributed by atoms with Crippen LogP contribution in [0.4, 0.5) is 10.1 Å². The van der Waals surface area contributed by atoms with Crippen LogP contribution in [0, 0.1) is 5.82 Å². The van der Waals surface area contributed by atoms with Crippen molar-refractivity contribution in [2.24, 2.45) is 0 Å². The Labute approximate surface area is 122 Å². The van der Waals surface area contributed by atoms with Gasteiger partial charge in [0.25, 0.3) is 0 Å². The topological polar surface area (TPSA) is 72.2 Å². The Morgan fingerprint density at radius 3 is 2.74 bits per heavy atom. The molecule has 3 N–H and O–H groups in total. The number of nitrogen functional groups attached to an aromatic ring is 1. The largest absolute Gasteiger partial charge is 0.398 e. The van der Waals surface area contributed by atoms with Crippen molar-refractivity contribution < 1.29 is 12.8 Å². The van der Waals surface area contributed by atoms with Gasteiger partial charge in [0.1, 0.15) is 10.7 Å². The van der Waals surface area contributed by atoms with Crippen LogP contribution in [0.25, 0.3) is 0 Å².